The van der Waals surface area contributed by atoms with Crippen molar-refractivity contribution in [3.63, 3.8) is 0 Å². The number of imidazole rings is 1. The predicted molar refractivity (Wildman–Crippen MR) is 90.5 cm³/mol. The number of carbonyl (C=O) groups excluding carboxylic acids is 1. The number of nitrogens with zero attached hydrogens (tertiary/aromatic N) is 1. The van der Waals surface area contributed by atoms with E-state index in [4.69, 9.17) is 0 Å². The molecule has 3 rings (SSSR count). The highest BCUT2D eigenvalue weighted by molar-refractivity contribution is 5.77. The monoisotopic (exact) mass is 316 g/mol. The van der Waals surface area contributed by atoms with Gasteiger partial charge in [0.25, 0.3) is 0 Å². The molecule has 0 radical (unpaired) electrons. The maximum Gasteiger partial charge on any atom is 0.323 e. The van der Waals surface area contributed by atoms with Crippen LogP contribution in [0.1, 0.15) is 32.3 Å². The van der Waals surface area contributed by atoms with Crippen LogP contribution in [0.15, 0.2) is 23.0 Å². The molecular formula is C17H24N4O2. The minimum absolute atomic E-state index is 0.186. The second-order valence-corrected chi connectivity index (χ2v) is 6.58. The van der Waals surface area contributed by atoms with Gasteiger partial charge < -0.3 is 20.2 Å². The maximum atomic E-state index is 12.3. The Hall–Kier alpha value is -2.08. The first-order valence-corrected chi connectivity index (χ1v) is 8.26. The first-order chi connectivity index (χ1) is 11.0. The number of H-pyrrole nitrogens is 2. The van der Waals surface area contributed by atoms with Gasteiger partial charge in [0.15, 0.2) is 0 Å². The summed E-state index contributed by atoms with van der Waals surface area (Å²) in [5.74, 6) is 0.237. The molecule has 3 N–H and O–H groups in total. The van der Waals surface area contributed by atoms with Gasteiger partial charge in [-0.3, -0.25) is 4.79 Å². The highest BCUT2D eigenvalue weighted by Crippen LogP contribution is 2.14. The van der Waals surface area contributed by atoms with Crippen LogP contribution in [0.3, 0.4) is 0 Å². The van der Waals surface area contributed by atoms with Crippen molar-refractivity contribution in [1.82, 2.24) is 20.2 Å². The van der Waals surface area contributed by atoms with Crippen LogP contribution in [0.25, 0.3) is 11.0 Å². The van der Waals surface area contributed by atoms with Crippen molar-refractivity contribution in [2.75, 3.05) is 13.1 Å². The standard InChI is InChI=1S/C17H24N4O2/c1-11-9-21(10-12(2)18-11)16(22)5-3-4-13-6-7-14-15(8-13)20-17(23)19-14/h6-8,11-12,18H,3-5,9-10H2,1-2H3,(H2,19,20,23)/t11-,12-/m1/s1. The summed E-state index contributed by atoms with van der Waals surface area (Å²) < 4.78 is 0. The third-order valence-electron chi connectivity index (χ3n) is 4.35. The summed E-state index contributed by atoms with van der Waals surface area (Å²) in [6.07, 6.45) is 2.24. The molecule has 1 aliphatic rings. The van der Waals surface area contributed by atoms with E-state index in [1.54, 1.807) is 0 Å². The van der Waals surface area contributed by atoms with Crippen LogP contribution in [0, 0.1) is 0 Å². The van der Waals surface area contributed by atoms with E-state index in [1.807, 2.05) is 23.1 Å². The molecule has 0 saturated carbocycles. The predicted octanol–water partition coefficient (Wildman–Crippen LogP) is 1.39. The van der Waals surface area contributed by atoms with Gasteiger partial charge in [0.05, 0.1) is 11.0 Å². The summed E-state index contributed by atoms with van der Waals surface area (Å²) in [6.45, 7) is 5.81. The number of benzene rings is 1. The largest absolute Gasteiger partial charge is 0.340 e. The molecule has 23 heavy (non-hydrogen) atoms. The molecule has 1 saturated heterocycles. The smallest absolute Gasteiger partial charge is 0.323 e. The van der Waals surface area contributed by atoms with Crippen molar-refractivity contribution in [2.24, 2.45) is 0 Å². The lowest BCUT2D eigenvalue weighted by molar-refractivity contribution is -0.133. The molecule has 0 aliphatic carbocycles. The van der Waals surface area contributed by atoms with Crippen LogP contribution in [-0.2, 0) is 11.2 Å². The third kappa shape index (κ3) is 3.82. The summed E-state index contributed by atoms with van der Waals surface area (Å²) in [7, 11) is 0. The van der Waals surface area contributed by atoms with E-state index in [2.05, 4.69) is 29.1 Å². The highest BCUT2D eigenvalue weighted by atomic mass is 16.2. The SMILES string of the molecule is C[C@@H]1CN(C(=O)CCCc2ccc3[nH]c(=O)[nH]c3c2)C[C@@H](C)N1. The van der Waals surface area contributed by atoms with Crippen LogP contribution in [0.2, 0.25) is 0 Å². The average Bonchev–Trinajstić information content (AvgIpc) is 2.85. The first kappa shape index (κ1) is 15.8. The lowest BCUT2D eigenvalue weighted by atomic mass is 10.1. The quantitative estimate of drug-likeness (QED) is 0.797. The Bertz CT molecular complexity index is 738. The number of nitrogens with one attached hydrogen (secondary N) is 3. The third-order valence-corrected chi connectivity index (χ3v) is 4.35. The zero-order valence-electron chi connectivity index (χ0n) is 13.7. The van der Waals surface area contributed by atoms with Crippen molar-refractivity contribution in [3.05, 3.63) is 34.2 Å². The molecule has 2 aromatic rings. The normalized spacial score (nSPS) is 21.7. The molecule has 0 unspecified atom stereocenters. The Labute approximate surface area is 135 Å². The lowest BCUT2D eigenvalue weighted by Gasteiger charge is -2.36. The number of hydrogen-bond donors (Lipinski definition) is 3. The second-order valence-electron chi connectivity index (χ2n) is 6.58. The average molecular weight is 316 g/mol. The topological polar surface area (TPSA) is 81.0 Å². The van der Waals surface area contributed by atoms with E-state index in [1.165, 1.54) is 0 Å². The summed E-state index contributed by atoms with van der Waals surface area (Å²) in [6, 6.07) is 6.61. The Morgan fingerprint density at radius 1 is 1.17 bits per heavy atom. The molecule has 0 spiro atoms. The van der Waals surface area contributed by atoms with E-state index in [9.17, 15) is 9.59 Å². The Kier molecular flexibility index (Phi) is 4.52. The zero-order chi connectivity index (χ0) is 16.4. The van der Waals surface area contributed by atoms with Gasteiger partial charge in [0, 0.05) is 31.6 Å². The number of carbonyl (C=O) groups is 1. The molecule has 6 heteroatoms. The molecular weight excluding hydrogens is 292 g/mol. The van der Waals surface area contributed by atoms with E-state index in [0.29, 0.717) is 18.5 Å². The summed E-state index contributed by atoms with van der Waals surface area (Å²) in [5.41, 5.74) is 2.60. The number of rotatable bonds is 4. The van der Waals surface area contributed by atoms with E-state index < -0.39 is 0 Å². The molecule has 124 valence electrons. The van der Waals surface area contributed by atoms with Crippen molar-refractivity contribution in [2.45, 2.75) is 45.2 Å². The van der Waals surface area contributed by atoms with Crippen molar-refractivity contribution < 1.29 is 4.79 Å². The van der Waals surface area contributed by atoms with Gasteiger partial charge in [0.2, 0.25) is 5.91 Å². The minimum Gasteiger partial charge on any atom is -0.340 e. The summed E-state index contributed by atoms with van der Waals surface area (Å²) in [5, 5.41) is 3.44. The van der Waals surface area contributed by atoms with Crippen LogP contribution in [0.5, 0.6) is 0 Å². The molecule has 1 amide bonds. The number of aromatic amines is 2. The molecule has 1 aliphatic heterocycles. The van der Waals surface area contributed by atoms with Gasteiger partial charge in [-0.1, -0.05) is 6.07 Å². The van der Waals surface area contributed by atoms with Gasteiger partial charge in [-0.2, -0.15) is 0 Å². The maximum absolute atomic E-state index is 12.3. The van der Waals surface area contributed by atoms with Gasteiger partial charge in [0.1, 0.15) is 0 Å². The molecule has 6 nitrogen and oxygen atoms in total. The molecule has 1 aromatic carbocycles. The minimum atomic E-state index is -0.186. The van der Waals surface area contributed by atoms with Crippen molar-refractivity contribution in [1.29, 1.82) is 0 Å². The van der Waals surface area contributed by atoms with Gasteiger partial charge in [-0.05, 0) is 44.4 Å². The number of amides is 1. The number of aromatic nitrogens is 2. The lowest BCUT2D eigenvalue weighted by Crippen LogP contribution is -2.55. The van der Waals surface area contributed by atoms with Gasteiger partial charge >= 0.3 is 5.69 Å². The second kappa shape index (κ2) is 6.58. The number of hydrogen-bond acceptors (Lipinski definition) is 3. The number of fused-ring (bicyclic) bond motifs is 1. The van der Waals surface area contributed by atoms with Gasteiger partial charge in [-0.25, -0.2) is 4.79 Å². The fourth-order valence-electron chi connectivity index (χ4n) is 3.37. The van der Waals surface area contributed by atoms with E-state index in [-0.39, 0.29) is 11.6 Å². The number of piperazine rings is 1. The van der Waals surface area contributed by atoms with Crippen LogP contribution in [-0.4, -0.2) is 45.9 Å². The van der Waals surface area contributed by atoms with Crippen LogP contribution >= 0.6 is 0 Å². The molecule has 2 heterocycles. The Balaban J connectivity index is 1.53. The molecule has 1 fully saturated rings. The zero-order valence-corrected chi connectivity index (χ0v) is 13.7. The highest BCUT2D eigenvalue weighted by Gasteiger charge is 2.24. The van der Waals surface area contributed by atoms with Crippen LogP contribution in [0.4, 0.5) is 0 Å². The fourth-order valence-corrected chi connectivity index (χ4v) is 3.37. The fraction of sp³-hybridized carbons (Fsp3) is 0.529. The Morgan fingerprint density at radius 2 is 1.87 bits per heavy atom. The van der Waals surface area contributed by atoms with Crippen molar-refractivity contribution >= 4 is 16.9 Å². The van der Waals surface area contributed by atoms with Crippen LogP contribution < -0.4 is 11.0 Å². The van der Waals surface area contributed by atoms with E-state index >= 15 is 0 Å². The molecule has 0 bridgehead atoms. The molecule has 1 aromatic heterocycles. The number of aryl methyl sites for hydroxylation is 1. The van der Waals surface area contributed by atoms with E-state index in [0.717, 1.165) is 42.5 Å². The first-order valence-electron chi connectivity index (χ1n) is 8.26. The summed E-state index contributed by atoms with van der Waals surface area (Å²) >= 11 is 0. The summed E-state index contributed by atoms with van der Waals surface area (Å²) in [4.78, 5) is 31.1. The molecule has 2 atom stereocenters. The Morgan fingerprint density at radius 3 is 2.61 bits per heavy atom. The van der Waals surface area contributed by atoms with Crippen molar-refractivity contribution in [3.8, 4) is 0 Å². The van der Waals surface area contributed by atoms with Gasteiger partial charge in [-0.15, -0.1) is 0 Å².